The van der Waals surface area contributed by atoms with Crippen LogP contribution in [0.3, 0.4) is 0 Å². The van der Waals surface area contributed by atoms with Gasteiger partial charge in [0.25, 0.3) is 5.56 Å². The Hall–Kier alpha value is -3.56. The third-order valence-corrected chi connectivity index (χ3v) is 7.56. The molecule has 10 heteroatoms. The minimum absolute atomic E-state index is 0.0646. The van der Waals surface area contributed by atoms with Gasteiger partial charge in [-0.2, -0.15) is 0 Å². The molecular weight excluding hydrogens is 514 g/mol. The molecule has 194 valence electrons. The Kier molecular flexibility index (Phi) is 7.75. The Labute approximate surface area is 223 Å². The number of phenolic OH excluding ortho intramolecular Hbond substituents is 1. The van der Waals surface area contributed by atoms with Crippen molar-refractivity contribution in [3.8, 4) is 11.5 Å². The third-order valence-electron chi connectivity index (χ3n) is 6.34. The van der Waals surface area contributed by atoms with Gasteiger partial charge in [0, 0.05) is 41.0 Å². The van der Waals surface area contributed by atoms with Gasteiger partial charge in [-0.05, 0) is 57.2 Å². The molecule has 0 fully saturated rings. The average molecular weight is 542 g/mol. The van der Waals surface area contributed by atoms with Gasteiger partial charge >= 0.3 is 5.97 Å². The zero-order chi connectivity index (χ0) is 26.9. The number of methoxy groups -OCH3 is 2. The molecule has 8 nitrogen and oxygen atoms in total. The summed E-state index contributed by atoms with van der Waals surface area (Å²) in [4.78, 5) is 33.7. The van der Waals surface area contributed by atoms with Crippen LogP contribution in [0, 0.1) is 0 Å². The lowest BCUT2D eigenvalue weighted by Gasteiger charge is -2.25. The summed E-state index contributed by atoms with van der Waals surface area (Å²) >= 11 is 7.48. The fourth-order valence-corrected chi connectivity index (χ4v) is 5.70. The summed E-state index contributed by atoms with van der Waals surface area (Å²) in [7, 11) is 2.79. The zero-order valence-corrected chi connectivity index (χ0v) is 22.8. The molecule has 4 rings (SSSR count). The molecule has 0 spiro atoms. The highest BCUT2D eigenvalue weighted by molar-refractivity contribution is 7.07. The highest BCUT2D eigenvalue weighted by Crippen LogP contribution is 2.37. The van der Waals surface area contributed by atoms with Crippen LogP contribution in [0.15, 0.2) is 57.5 Å². The Bertz CT molecular complexity index is 1570. The first-order chi connectivity index (χ1) is 17.7. The van der Waals surface area contributed by atoms with Gasteiger partial charge in [-0.3, -0.25) is 9.36 Å². The SMILES string of the molecule is CCN(CC)c1ccc(/C=c2\sc3n(c2=O)[C@@H](c2cc(Cl)ccc2OC)C(C(=O)OC)=C(C)N=3)c(O)c1. The molecule has 0 bridgehead atoms. The number of halogens is 1. The van der Waals surface area contributed by atoms with Crippen LogP contribution < -0.4 is 24.5 Å². The molecule has 0 radical (unpaired) electrons. The maximum Gasteiger partial charge on any atom is 0.338 e. The van der Waals surface area contributed by atoms with Crippen molar-refractivity contribution in [1.82, 2.24) is 4.57 Å². The first-order valence-electron chi connectivity index (χ1n) is 11.8. The minimum Gasteiger partial charge on any atom is -0.507 e. The van der Waals surface area contributed by atoms with E-state index in [0.717, 1.165) is 18.8 Å². The van der Waals surface area contributed by atoms with Gasteiger partial charge in [0.15, 0.2) is 4.80 Å². The number of anilines is 1. The van der Waals surface area contributed by atoms with Crippen LogP contribution in [0.2, 0.25) is 5.02 Å². The van der Waals surface area contributed by atoms with Gasteiger partial charge < -0.3 is 19.5 Å². The lowest BCUT2D eigenvalue weighted by atomic mass is 9.95. The number of carbonyl (C=O) groups is 1. The van der Waals surface area contributed by atoms with Crippen LogP contribution in [0.5, 0.6) is 11.5 Å². The second-order valence-corrected chi connectivity index (χ2v) is 9.82. The molecule has 1 aromatic heterocycles. The Morgan fingerprint density at radius 1 is 1.22 bits per heavy atom. The van der Waals surface area contributed by atoms with Gasteiger partial charge in [0.2, 0.25) is 0 Å². The molecule has 0 saturated carbocycles. The standard InChI is InChI=1S/C27H28ClN3O5S/c1-6-30(7-2)18-10-8-16(20(32)14-18)12-22-25(33)31-24(19-13-17(28)9-11-21(19)35-4)23(26(34)36-5)15(3)29-27(31)37-22/h8-14,24,32H,6-7H2,1-5H3/b22-12-/t24-/m0/s1. The molecule has 0 unspecified atom stereocenters. The number of thiazole rings is 1. The summed E-state index contributed by atoms with van der Waals surface area (Å²) in [6.45, 7) is 7.41. The first kappa shape index (κ1) is 26.5. The first-order valence-corrected chi connectivity index (χ1v) is 13.0. The van der Waals surface area contributed by atoms with Crippen LogP contribution in [0.25, 0.3) is 6.08 Å². The summed E-state index contributed by atoms with van der Waals surface area (Å²) in [5.74, 6) is -0.0772. The lowest BCUT2D eigenvalue weighted by Crippen LogP contribution is -2.40. The van der Waals surface area contributed by atoms with Crippen LogP contribution in [0.1, 0.15) is 37.9 Å². The normalized spacial score (nSPS) is 15.3. The van der Waals surface area contributed by atoms with E-state index >= 15 is 0 Å². The van der Waals surface area contributed by atoms with E-state index in [1.54, 1.807) is 43.3 Å². The highest BCUT2D eigenvalue weighted by Gasteiger charge is 2.35. The van der Waals surface area contributed by atoms with E-state index in [9.17, 15) is 14.7 Å². The van der Waals surface area contributed by atoms with E-state index in [2.05, 4.69) is 9.89 Å². The number of allylic oxidation sites excluding steroid dienone is 1. The lowest BCUT2D eigenvalue weighted by molar-refractivity contribution is -0.136. The van der Waals surface area contributed by atoms with E-state index in [0.29, 0.717) is 36.9 Å². The minimum atomic E-state index is -0.863. The molecule has 37 heavy (non-hydrogen) atoms. The fourth-order valence-electron chi connectivity index (χ4n) is 4.49. The third kappa shape index (κ3) is 4.89. The quantitative estimate of drug-likeness (QED) is 0.459. The van der Waals surface area contributed by atoms with Crippen molar-refractivity contribution in [1.29, 1.82) is 0 Å². The molecule has 1 aliphatic rings. The highest BCUT2D eigenvalue weighted by atomic mass is 35.5. The molecular formula is C27H28ClN3O5S. The number of ether oxygens (including phenoxy) is 2. The second kappa shape index (κ2) is 10.8. The number of carbonyl (C=O) groups excluding carboxylic acids is 1. The summed E-state index contributed by atoms with van der Waals surface area (Å²) in [5, 5.41) is 11.1. The number of benzene rings is 2. The molecule has 1 N–H and O–H groups in total. The second-order valence-electron chi connectivity index (χ2n) is 8.38. The van der Waals surface area contributed by atoms with E-state index < -0.39 is 12.0 Å². The van der Waals surface area contributed by atoms with Crippen molar-refractivity contribution in [3.63, 3.8) is 0 Å². The Morgan fingerprint density at radius 3 is 2.57 bits per heavy atom. The van der Waals surface area contributed by atoms with Gasteiger partial charge in [-0.25, -0.2) is 9.79 Å². The predicted octanol–water partition coefficient (Wildman–Crippen LogP) is 3.62. The van der Waals surface area contributed by atoms with Crippen molar-refractivity contribution >= 4 is 40.7 Å². The topological polar surface area (TPSA) is 93.4 Å². The number of aromatic nitrogens is 1. The molecule has 1 atom stereocenters. The molecule has 1 aliphatic heterocycles. The summed E-state index contributed by atoms with van der Waals surface area (Å²) < 4.78 is 12.4. The van der Waals surface area contributed by atoms with Gasteiger partial charge in [-0.15, -0.1) is 0 Å². The van der Waals surface area contributed by atoms with Gasteiger partial charge in [0.1, 0.15) is 17.5 Å². The molecule has 0 saturated heterocycles. The molecule has 0 aliphatic carbocycles. The maximum atomic E-state index is 13.8. The van der Waals surface area contributed by atoms with Crippen molar-refractivity contribution in [2.45, 2.75) is 26.8 Å². The van der Waals surface area contributed by atoms with Crippen molar-refractivity contribution in [2.24, 2.45) is 4.99 Å². The predicted molar refractivity (Wildman–Crippen MR) is 145 cm³/mol. The molecule has 0 amide bonds. The summed E-state index contributed by atoms with van der Waals surface area (Å²) in [5.41, 5.74) is 2.21. The van der Waals surface area contributed by atoms with E-state index in [4.69, 9.17) is 21.1 Å². The number of phenols is 1. The van der Waals surface area contributed by atoms with Crippen molar-refractivity contribution in [2.75, 3.05) is 32.2 Å². The van der Waals surface area contributed by atoms with Gasteiger partial charge in [-0.1, -0.05) is 22.9 Å². The van der Waals surface area contributed by atoms with Crippen molar-refractivity contribution in [3.05, 3.63) is 83.5 Å². The summed E-state index contributed by atoms with van der Waals surface area (Å²) in [6.07, 6.45) is 1.63. The van der Waals surface area contributed by atoms with Crippen LogP contribution in [-0.4, -0.2) is 43.0 Å². The largest absolute Gasteiger partial charge is 0.507 e. The smallest absolute Gasteiger partial charge is 0.338 e. The monoisotopic (exact) mass is 541 g/mol. The van der Waals surface area contributed by atoms with E-state index in [1.807, 2.05) is 19.9 Å². The number of hydrogen-bond donors (Lipinski definition) is 1. The van der Waals surface area contributed by atoms with Gasteiger partial charge in [0.05, 0.1) is 30.0 Å². The number of hydrogen-bond acceptors (Lipinski definition) is 8. The number of fused-ring (bicyclic) bond motifs is 1. The number of nitrogens with zero attached hydrogens (tertiary/aromatic N) is 3. The number of rotatable bonds is 7. The molecule has 3 aromatic rings. The Balaban J connectivity index is 1.94. The molecule has 2 heterocycles. The van der Waals surface area contributed by atoms with Crippen molar-refractivity contribution < 1.29 is 19.4 Å². The van der Waals surface area contributed by atoms with Crippen LogP contribution >= 0.6 is 22.9 Å². The Morgan fingerprint density at radius 2 is 1.95 bits per heavy atom. The fraction of sp³-hybridized carbons (Fsp3) is 0.296. The van der Waals surface area contributed by atoms with Crippen LogP contribution in [-0.2, 0) is 9.53 Å². The maximum absolute atomic E-state index is 13.8. The number of aromatic hydroxyl groups is 1. The van der Waals surface area contributed by atoms with E-state index in [1.165, 1.54) is 30.1 Å². The zero-order valence-electron chi connectivity index (χ0n) is 21.2. The van der Waals surface area contributed by atoms with Crippen LogP contribution in [0.4, 0.5) is 5.69 Å². The summed E-state index contributed by atoms with van der Waals surface area (Å²) in [6, 6.07) is 9.55. The molecule has 2 aromatic carbocycles. The average Bonchev–Trinajstić information content (AvgIpc) is 3.19. The number of esters is 1. The van der Waals surface area contributed by atoms with E-state index in [-0.39, 0.29) is 16.9 Å².